The van der Waals surface area contributed by atoms with E-state index < -0.39 is 0 Å². The fourth-order valence-corrected chi connectivity index (χ4v) is 4.90. The molecule has 2 aromatic carbocycles. The first-order valence-electron chi connectivity index (χ1n) is 11.9. The first kappa shape index (κ1) is 22.3. The lowest BCUT2D eigenvalue weighted by atomic mass is 10.1. The Morgan fingerprint density at radius 3 is 2.50 bits per heavy atom. The zero-order valence-electron chi connectivity index (χ0n) is 20.6. The molecule has 4 aromatic rings. The Balaban J connectivity index is 1.43. The van der Waals surface area contributed by atoms with Crippen molar-refractivity contribution in [2.24, 2.45) is 0 Å². The zero-order valence-corrected chi connectivity index (χ0v) is 20.6. The minimum atomic E-state index is 0.139. The van der Waals surface area contributed by atoms with E-state index in [1.165, 1.54) is 5.56 Å². The number of rotatable bonds is 6. The first-order chi connectivity index (χ1) is 16.4. The number of hydrogen-bond acceptors (Lipinski definition) is 6. The van der Waals surface area contributed by atoms with E-state index >= 15 is 0 Å². The van der Waals surface area contributed by atoms with Crippen molar-refractivity contribution < 1.29 is 4.74 Å². The molecule has 1 aliphatic heterocycles. The molecule has 0 N–H and O–H groups in total. The van der Waals surface area contributed by atoms with Gasteiger partial charge in [-0.15, -0.1) is 5.10 Å². The molecule has 2 aromatic heterocycles. The van der Waals surface area contributed by atoms with E-state index in [9.17, 15) is 0 Å². The topological polar surface area (TPSA) is 59.3 Å². The molecule has 0 aliphatic carbocycles. The van der Waals surface area contributed by atoms with Crippen LogP contribution in [-0.4, -0.2) is 58.2 Å². The van der Waals surface area contributed by atoms with Crippen LogP contribution in [0.2, 0.25) is 0 Å². The van der Waals surface area contributed by atoms with Crippen molar-refractivity contribution >= 4 is 16.7 Å². The van der Waals surface area contributed by atoms with Gasteiger partial charge in [0, 0.05) is 33.2 Å². The first-order valence-corrected chi connectivity index (χ1v) is 11.9. The molecule has 3 heterocycles. The third-order valence-electron chi connectivity index (χ3n) is 6.80. The van der Waals surface area contributed by atoms with Gasteiger partial charge in [-0.2, -0.15) is 10.2 Å². The number of likely N-dealkylation sites (tertiary alicyclic amines) is 1. The van der Waals surface area contributed by atoms with Crippen LogP contribution in [0.3, 0.4) is 0 Å². The van der Waals surface area contributed by atoms with E-state index in [2.05, 4.69) is 65.3 Å². The van der Waals surface area contributed by atoms with Crippen molar-refractivity contribution in [2.45, 2.75) is 39.3 Å². The minimum absolute atomic E-state index is 0.139. The molecule has 2 atom stereocenters. The maximum Gasteiger partial charge on any atom is 0.179 e. The molecule has 0 spiro atoms. The van der Waals surface area contributed by atoms with E-state index in [1.54, 1.807) is 0 Å². The number of benzene rings is 2. The van der Waals surface area contributed by atoms with Crippen molar-refractivity contribution in [1.82, 2.24) is 24.9 Å². The Labute approximate surface area is 201 Å². The highest BCUT2D eigenvalue weighted by molar-refractivity contribution is 5.92. The second kappa shape index (κ2) is 9.06. The molecule has 0 amide bonds. The van der Waals surface area contributed by atoms with Crippen LogP contribution in [0.25, 0.3) is 16.6 Å². The summed E-state index contributed by atoms with van der Waals surface area (Å²) in [5, 5.41) is 14.7. The van der Waals surface area contributed by atoms with Crippen LogP contribution in [0.5, 0.6) is 5.75 Å². The number of hydrogen-bond donors (Lipinski definition) is 0. The van der Waals surface area contributed by atoms with Gasteiger partial charge < -0.3 is 9.64 Å². The molecule has 5 rings (SSSR count). The van der Waals surface area contributed by atoms with Crippen LogP contribution >= 0.6 is 0 Å². The Bertz CT molecular complexity index is 1300. The van der Waals surface area contributed by atoms with Gasteiger partial charge in [-0.3, -0.25) is 4.90 Å². The summed E-state index contributed by atoms with van der Waals surface area (Å²) in [5.74, 6) is 1.62. The van der Waals surface area contributed by atoms with E-state index in [0.717, 1.165) is 59.1 Å². The second-order valence-electron chi connectivity index (χ2n) is 9.30. The second-order valence-corrected chi connectivity index (χ2v) is 9.30. The van der Waals surface area contributed by atoms with Gasteiger partial charge in [-0.25, -0.2) is 4.68 Å². The van der Waals surface area contributed by atoms with E-state index in [0.29, 0.717) is 6.04 Å². The van der Waals surface area contributed by atoms with Crippen molar-refractivity contribution in [2.75, 3.05) is 32.1 Å². The molecule has 176 valence electrons. The minimum Gasteiger partial charge on any atom is -0.487 e. The van der Waals surface area contributed by atoms with E-state index in [-0.39, 0.29) is 6.10 Å². The number of aryl methyl sites for hydroxylation is 2. The molecule has 0 saturated carbocycles. The maximum absolute atomic E-state index is 6.59. The molecule has 0 radical (unpaired) electrons. The number of ether oxygens (including phenoxy) is 1. The molecule has 1 aliphatic rings. The van der Waals surface area contributed by atoms with Gasteiger partial charge in [-0.05, 0) is 44.9 Å². The van der Waals surface area contributed by atoms with Crippen molar-refractivity contribution in [1.29, 1.82) is 0 Å². The van der Waals surface area contributed by atoms with Gasteiger partial charge in [0.25, 0.3) is 0 Å². The molecular weight excluding hydrogens is 424 g/mol. The average Bonchev–Trinajstić information content (AvgIpc) is 3.45. The standard InChI is InChI=1S/C27H32N6O/c1-18-25-20(3)33(30-26(25)27(29-28-18)31(4)5)23-13-9-10-14-24(23)34-22-15-16-32(17-22)19(2)21-11-7-6-8-12-21/h6-14,19,22H,15-17H2,1-5H3. The molecular formula is C27H32N6O. The van der Waals surface area contributed by atoms with Crippen LogP contribution < -0.4 is 9.64 Å². The predicted molar refractivity (Wildman–Crippen MR) is 136 cm³/mol. The molecule has 0 bridgehead atoms. The largest absolute Gasteiger partial charge is 0.487 e. The van der Waals surface area contributed by atoms with Gasteiger partial charge in [0.2, 0.25) is 0 Å². The fraction of sp³-hybridized carbons (Fsp3) is 0.370. The number of para-hydroxylation sites is 2. The summed E-state index contributed by atoms with van der Waals surface area (Å²) in [4.78, 5) is 4.45. The lowest BCUT2D eigenvalue weighted by Gasteiger charge is -2.25. The van der Waals surface area contributed by atoms with Gasteiger partial charge in [0.1, 0.15) is 23.1 Å². The highest BCUT2D eigenvalue weighted by Crippen LogP contribution is 2.33. The summed E-state index contributed by atoms with van der Waals surface area (Å²) in [5.41, 5.74) is 5.05. The Kier molecular flexibility index (Phi) is 5.96. The Hall–Kier alpha value is -3.45. The van der Waals surface area contributed by atoms with Gasteiger partial charge in [0.15, 0.2) is 5.82 Å². The molecule has 2 unspecified atom stereocenters. The molecule has 1 saturated heterocycles. The quantitative estimate of drug-likeness (QED) is 0.419. The smallest absolute Gasteiger partial charge is 0.179 e. The van der Waals surface area contributed by atoms with E-state index in [1.807, 2.05) is 48.8 Å². The Morgan fingerprint density at radius 1 is 1.00 bits per heavy atom. The van der Waals surface area contributed by atoms with E-state index in [4.69, 9.17) is 9.84 Å². The lowest BCUT2D eigenvalue weighted by molar-refractivity contribution is 0.182. The van der Waals surface area contributed by atoms with Gasteiger partial charge >= 0.3 is 0 Å². The number of anilines is 1. The zero-order chi connectivity index (χ0) is 23.8. The molecule has 1 fully saturated rings. The van der Waals surface area contributed by atoms with Crippen molar-refractivity contribution in [3.8, 4) is 11.4 Å². The van der Waals surface area contributed by atoms with Gasteiger partial charge in [-0.1, -0.05) is 42.5 Å². The highest BCUT2D eigenvalue weighted by atomic mass is 16.5. The number of aromatic nitrogens is 4. The maximum atomic E-state index is 6.59. The molecule has 34 heavy (non-hydrogen) atoms. The van der Waals surface area contributed by atoms with Crippen LogP contribution in [0.15, 0.2) is 54.6 Å². The van der Waals surface area contributed by atoms with Crippen molar-refractivity contribution in [3.05, 3.63) is 71.5 Å². The van der Waals surface area contributed by atoms with Crippen LogP contribution in [0.1, 0.15) is 36.3 Å². The van der Waals surface area contributed by atoms with Crippen molar-refractivity contribution in [3.63, 3.8) is 0 Å². The predicted octanol–water partition coefficient (Wildman–Crippen LogP) is 4.71. The highest BCUT2D eigenvalue weighted by Gasteiger charge is 2.29. The summed E-state index contributed by atoms with van der Waals surface area (Å²) in [7, 11) is 3.93. The lowest BCUT2D eigenvalue weighted by Crippen LogP contribution is -2.27. The third kappa shape index (κ3) is 4.01. The SMILES string of the molecule is Cc1nnc(N(C)C)c2nn(-c3ccccc3OC3CCN(C(C)c4ccccc4)C3)c(C)c12. The van der Waals surface area contributed by atoms with Crippen LogP contribution in [-0.2, 0) is 0 Å². The summed E-state index contributed by atoms with van der Waals surface area (Å²) in [6.45, 7) is 8.27. The van der Waals surface area contributed by atoms with Crippen LogP contribution in [0, 0.1) is 13.8 Å². The molecule has 7 heteroatoms. The summed E-state index contributed by atoms with van der Waals surface area (Å²) < 4.78 is 8.57. The normalized spacial score (nSPS) is 17.3. The average molecular weight is 457 g/mol. The number of nitrogens with zero attached hydrogens (tertiary/aromatic N) is 6. The summed E-state index contributed by atoms with van der Waals surface area (Å²) >= 11 is 0. The van der Waals surface area contributed by atoms with Gasteiger partial charge in [0.05, 0.1) is 16.8 Å². The summed E-state index contributed by atoms with van der Waals surface area (Å²) in [6.07, 6.45) is 1.14. The molecule has 7 nitrogen and oxygen atoms in total. The fourth-order valence-electron chi connectivity index (χ4n) is 4.90. The number of fused-ring (bicyclic) bond motifs is 1. The van der Waals surface area contributed by atoms with Crippen LogP contribution in [0.4, 0.5) is 5.82 Å². The monoisotopic (exact) mass is 456 g/mol. The third-order valence-corrected chi connectivity index (χ3v) is 6.80. The Morgan fingerprint density at radius 2 is 1.74 bits per heavy atom. The summed E-state index contributed by atoms with van der Waals surface area (Å²) in [6, 6.07) is 19.2.